The quantitative estimate of drug-likeness (QED) is 0.367. The molecule has 8 nitrogen and oxygen atoms in total. The normalized spacial score (nSPS) is 10.8. The van der Waals surface area contributed by atoms with Crippen molar-refractivity contribution >= 4 is 22.6 Å². The predicted molar refractivity (Wildman–Crippen MR) is 122 cm³/mol. The van der Waals surface area contributed by atoms with E-state index < -0.39 is 11.8 Å². The number of carbonyl (C=O) groups is 2. The number of aromatic hydroxyl groups is 1. The first-order valence-corrected chi connectivity index (χ1v) is 10.1. The number of fused-ring (bicyclic) bond motifs is 1. The molecule has 0 spiro atoms. The molecule has 0 radical (unpaired) electrons. The van der Waals surface area contributed by atoms with Crippen molar-refractivity contribution in [2.75, 3.05) is 0 Å². The highest BCUT2D eigenvalue weighted by Gasteiger charge is 2.20. The maximum atomic E-state index is 13.0. The van der Waals surface area contributed by atoms with Gasteiger partial charge in [0.1, 0.15) is 17.1 Å². The SMILES string of the molecule is O=C(NNC(=O)c1cc(-c2ccco2)nn1-c1ccccc1)c1cc2ccccc2cc1O. The third kappa shape index (κ3) is 3.92. The van der Waals surface area contributed by atoms with Crippen LogP contribution in [0, 0.1) is 0 Å². The lowest BCUT2D eigenvalue weighted by molar-refractivity contribution is 0.0841. The number of rotatable bonds is 4. The number of hydrazine groups is 1. The largest absolute Gasteiger partial charge is 0.507 e. The van der Waals surface area contributed by atoms with Gasteiger partial charge in [-0.2, -0.15) is 5.10 Å². The van der Waals surface area contributed by atoms with Crippen molar-refractivity contribution in [3.05, 3.63) is 102 Å². The number of nitrogens with one attached hydrogen (secondary N) is 2. The van der Waals surface area contributed by atoms with Gasteiger partial charge in [0.2, 0.25) is 0 Å². The third-order valence-electron chi connectivity index (χ3n) is 5.11. The molecule has 0 atom stereocenters. The molecule has 5 rings (SSSR count). The number of aromatic nitrogens is 2. The zero-order valence-corrected chi connectivity index (χ0v) is 17.2. The maximum absolute atomic E-state index is 13.0. The van der Waals surface area contributed by atoms with Gasteiger partial charge in [-0.3, -0.25) is 20.4 Å². The van der Waals surface area contributed by atoms with Gasteiger partial charge < -0.3 is 9.52 Å². The summed E-state index contributed by atoms with van der Waals surface area (Å²) >= 11 is 0. The van der Waals surface area contributed by atoms with Crippen molar-refractivity contribution in [2.24, 2.45) is 0 Å². The summed E-state index contributed by atoms with van der Waals surface area (Å²) in [6.45, 7) is 0. The molecule has 3 aromatic carbocycles. The van der Waals surface area contributed by atoms with Crippen LogP contribution in [0.2, 0.25) is 0 Å². The molecule has 0 saturated carbocycles. The Hall–Kier alpha value is -4.85. The number of phenols is 1. The van der Waals surface area contributed by atoms with Crippen LogP contribution in [-0.4, -0.2) is 26.7 Å². The van der Waals surface area contributed by atoms with E-state index in [1.165, 1.54) is 17.0 Å². The molecule has 162 valence electrons. The highest BCUT2D eigenvalue weighted by atomic mass is 16.3. The Labute approximate surface area is 188 Å². The Morgan fingerprint density at radius 3 is 2.24 bits per heavy atom. The molecule has 0 fully saturated rings. The van der Waals surface area contributed by atoms with Crippen LogP contribution in [-0.2, 0) is 0 Å². The second-order valence-electron chi connectivity index (χ2n) is 7.26. The minimum Gasteiger partial charge on any atom is -0.507 e. The summed E-state index contributed by atoms with van der Waals surface area (Å²) in [6, 6.07) is 24.6. The van der Waals surface area contributed by atoms with Gasteiger partial charge >= 0.3 is 0 Å². The van der Waals surface area contributed by atoms with Crippen molar-refractivity contribution in [1.82, 2.24) is 20.6 Å². The summed E-state index contributed by atoms with van der Waals surface area (Å²) in [5.74, 6) is -0.917. The molecule has 0 unspecified atom stereocenters. The van der Waals surface area contributed by atoms with Gasteiger partial charge in [0.05, 0.1) is 17.5 Å². The highest BCUT2D eigenvalue weighted by molar-refractivity contribution is 6.03. The zero-order chi connectivity index (χ0) is 22.8. The number of nitrogens with zero attached hydrogens (tertiary/aromatic N) is 2. The Bertz CT molecular complexity index is 1460. The molecule has 33 heavy (non-hydrogen) atoms. The van der Waals surface area contributed by atoms with Crippen LogP contribution >= 0.6 is 0 Å². The predicted octanol–water partition coefficient (Wildman–Crippen LogP) is 4.07. The molecule has 2 amide bonds. The number of carbonyl (C=O) groups excluding carboxylic acids is 2. The molecule has 0 saturated heterocycles. The highest BCUT2D eigenvalue weighted by Crippen LogP contribution is 2.25. The minimum absolute atomic E-state index is 0.0434. The number of para-hydroxylation sites is 1. The molecule has 2 aromatic heterocycles. The van der Waals surface area contributed by atoms with Crippen LogP contribution in [0.1, 0.15) is 20.8 Å². The van der Waals surface area contributed by atoms with Crippen LogP contribution in [0.3, 0.4) is 0 Å². The summed E-state index contributed by atoms with van der Waals surface area (Å²) in [5.41, 5.74) is 6.13. The number of furan rings is 1. The molecular formula is C25H18N4O4. The summed E-state index contributed by atoms with van der Waals surface area (Å²) in [5, 5.41) is 16.3. The molecule has 0 bridgehead atoms. The third-order valence-corrected chi connectivity index (χ3v) is 5.11. The molecule has 3 N–H and O–H groups in total. The van der Waals surface area contributed by atoms with Crippen molar-refractivity contribution < 1.29 is 19.1 Å². The van der Waals surface area contributed by atoms with Crippen LogP contribution in [0.15, 0.2) is 95.6 Å². The molecular weight excluding hydrogens is 420 g/mol. The second kappa shape index (κ2) is 8.35. The van der Waals surface area contributed by atoms with E-state index >= 15 is 0 Å². The number of amides is 2. The molecule has 2 heterocycles. The van der Waals surface area contributed by atoms with Crippen LogP contribution in [0.4, 0.5) is 0 Å². The van der Waals surface area contributed by atoms with E-state index in [9.17, 15) is 14.7 Å². The lowest BCUT2D eigenvalue weighted by atomic mass is 10.1. The van der Waals surface area contributed by atoms with Crippen molar-refractivity contribution in [2.45, 2.75) is 0 Å². The van der Waals surface area contributed by atoms with E-state index in [1.54, 1.807) is 36.4 Å². The number of phenolic OH excluding ortho intramolecular Hbond substituents is 1. The Morgan fingerprint density at radius 1 is 0.818 bits per heavy atom. The summed E-state index contributed by atoms with van der Waals surface area (Å²) in [7, 11) is 0. The first kappa shape index (κ1) is 20.1. The van der Waals surface area contributed by atoms with Gasteiger partial charge in [-0.25, -0.2) is 4.68 Å². The summed E-state index contributed by atoms with van der Waals surface area (Å²) in [4.78, 5) is 25.6. The smallest absolute Gasteiger partial charge is 0.288 e. The molecule has 0 aliphatic rings. The number of hydrogen-bond donors (Lipinski definition) is 3. The summed E-state index contributed by atoms with van der Waals surface area (Å²) < 4.78 is 6.87. The van der Waals surface area contributed by atoms with Gasteiger partial charge in [0, 0.05) is 6.07 Å². The van der Waals surface area contributed by atoms with E-state index in [-0.39, 0.29) is 17.0 Å². The van der Waals surface area contributed by atoms with Crippen LogP contribution < -0.4 is 10.9 Å². The van der Waals surface area contributed by atoms with Gasteiger partial charge in [-0.15, -0.1) is 0 Å². The fourth-order valence-corrected chi connectivity index (χ4v) is 3.51. The van der Waals surface area contributed by atoms with E-state index in [1.807, 2.05) is 42.5 Å². The number of hydrogen-bond acceptors (Lipinski definition) is 5. The standard InChI is InChI=1S/C25H18N4O4/c30-22-14-17-8-5-4-7-16(17)13-19(22)24(31)26-27-25(32)21-15-20(23-11-6-12-33-23)28-29(21)18-9-2-1-3-10-18/h1-15,30H,(H,26,31)(H,27,32). The fraction of sp³-hybridized carbons (Fsp3) is 0. The van der Waals surface area contributed by atoms with E-state index in [0.29, 0.717) is 17.1 Å². The average Bonchev–Trinajstić information content (AvgIpc) is 3.53. The lowest BCUT2D eigenvalue weighted by Crippen LogP contribution is -2.42. The first-order chi connectivity index (χ1) is 16.1. The van der Waals surface area contributed by atoms with E-state index in [2.05, 4.69) is 16.0 Å². The fourth-order valence-electron chi connectivity index (χ4n) is 3.51. The topological polar surface area (TPSA) is 109 Å². The van der Waals surface area contributed by atoms with Gasteiger partial charge in [-0.1, -0.05) is 42.5 Å². The van der Waals surface area contributed by atoms with Crippen molar-refractivity contribution in [3.63, 3.8) is 0 Å². The van der Waals surface area contributed by atoms with E-state index in [4.69, 9.17) is 4.42 Å². The Morgan fingerprint density at radius 2 is 1.52 bits per heavy atom. The summed E-state index contributed by atoms with van der Waals surface area (Å²) in [6.07, 6.45) is 1.52. The van der Waals surface area contributed by atoms with Gasteiger partial charge in [-0.05, 0) is 47.2 Å². The van der Waals surface area contributed by atoms with Crippen molar-refractivity contribution in [3.8, 4) is 22.9 Å². The molecule has 0 aliphatic heterocycles. The molecule has 8 heteroatoms. The van der Waals surface area contributed by atoms with Crippen LogP contribution in [0.5, 0.6) is 5.75 Å². The zero-order valence-electron chi connectivity index (χ0n) is 17.2. The Kier molecular flexibility index (Phi) is 5.08. The minimum atomic E-state index is -0.649. The second-order valence-corrected chi connectivity index (χ2v) is 7.26. The van der Waals surface area contributed by atoms with E-state index in [0.717, 1.165) is 10.8 Å². The molecule has 0 aliphatic carbocycles. The van der Waals surface area contributed by atoms with Gasteiger partial charge in [0.25, 0.3) is 11.8 Å². The van der Waals surface area contributed by atoms with Gasteiger partial charge in [0.15, 0.2) is 5.76 Å². The van der Waals surface area contributed by atoms with Crippen molar-refractivity contribution in [1.29, 1.82) is 0 Å². The molecule has 5 aromatic rings. The van der Waals surface area contributed by atoms with Crippen LogP contribution in [0.25, 0.3) is 27.9 Å². The first-order valence-electron chi connectivity index (χ1n) is 10.1. The Balaban J connectivity index is 1.41. The monoisotopic (exact) mass is 438 g/mol. The lowest BCUT2D eigenvalue weighted by Gasteiger charge is -2.11. The average molecular weight is 438 g/mol. The maximum Gasteiger partial charge on any atom is 0.288 e. The number of benzene rings is 3.